The van der Waals surface area contributed by atoms with Crippen molar-refractivity contribution >= 4 is 42.2 Å². The van der Waals surface area contributed by atoms with E-state index in [9.17, 15) is 17.7 Å². The zero-order chi connectivity index (χ0) is 15.0. The molecule has 0 atom stereocenters. The van der Waals surface area contributed by atoms with Crippen molar-refractivity contribution in [2.45, 2.75) is 11.5 Å². The molecule has 1 N–H and O–H groups in total. The summed E-state index contributed by atoms with van der Waals surface area (Å²) in [5.41, 5.74) is 0. The summed E-state index contributed by atoms with van der Waals surface area (Å²) in [6.07, 6.45) is 0. The van der Waals surface area contributed by atoms with E-state index in [4.69, 9.17) is 0 Å². The Morgan fingerprint density at radius 1 is 1.24 bits per heavy atom. The summed E-state index contributed by atoms with van der Waals surface area (Å²) in [4.78, 5) is 0.668. The lowest BCUT2D eigenvalue weighted by Gasteiger charge is -2.25. The van der Waals surface area contributed by atoms with Crippen molar-refractivity contribution in [2.75, 3.05) is 24.6 Å². The lowest BCUT2D eigenvalue weighted by atomic mass is 10.2. The standard InChI is InChI=1S/C13H15NO4S3/c15-9-12-13(10-3-1-2-4-11(10)19-12)21(17,18)14-5-7-20(16)8-6-14/h1-4,15H,5-9H2. The summed E-state index contributed by atoms with van der Waals surface area (Å²) in [5, 5.41) is 10.2. The van der Waals surface area contributed by atoms with Crippen LogP contribution in [0.4, 0.5) is 0 Å². The van der Waals surface area contributed by atoms with Crippen LogP contribution >= 0.6 is 11.3 Å². The first-order chi connectivity index (χ1) is 10.0. The molecule has 1 fully saturated rings. The molecule has 8 heteroatoms. The highest BCUT2D eigenvalue weighted by atomic mass is 32.2. The van der Waals surface area contributed by atoms with E-state index in [1.165, 1.54) is 15.6 Å². The van der Waals surface area contributed by atoms with Crippen LogP contribution in [0.1, 0.15) is 4.88 Å². The third-order valence-electron chi connectivity index (χ3n) is 3.50. The van der Waals surface area contributed by atoms with Gasteiger partial charge in [-0.15, -0.1) is 11.3 Å². The first-order valence-corrected chi connectivity index (χ1v) is 10.2. The van der Waals surface area contributed by atoms with Gasteiger partial charge in [0.1, 0.15) is 4.90 Å². The number of nitrogens with zero attached hydrogens (tertiary/aromatic N) is 1. The zero-order valence-electron chi connectivity index (χ0n) is 11.2. The number of benzene rings is 1. The van der Waals surface area contributed by atoms with Gasteiger partial charge in [0.2, 0.25) is 10.0 Å². The van der Waals surface area contributed by atoms with E-state index < -0.39 is 20.8 Å². The van der Waals surface area contributed by atoms with E-state index in [1.54, 1.807) is 12.1 Å². The van der Waals surface area contributed by atoms with Gasteiger partial charge in [0.05, 0.1) is 11.5 Å². The molecule has 21 heavy (non-hydrogen) atoms. The van der Waals surface area contributed by atoms with Gasteiger partial charge in [0, 0.05) is 45.5 Å². The average molecular weight is 345 g/mol. The Bertz CT molecular complexity index is 787. The lowest BCUT2D eigenvalue weighted by Crippen LogP contribution is -2.41. The predicted molar refractivity (Wildman–Crippen MR) is 84.4 cm³/mol. The number of rotatable bonds is 3. The summed E-state index contributed by atoms with van der Waals surface area (Å²) >= 11 is 1.30. The lowest BCUT2D eigenvalue weighted by molar-refractivity contribution is 0.282. The Labute approximate surface area is 129 Å². The Hall–Kier alpha value is -0.800. The third kappa shape index (κ3) is 2.66. The number of sulfonamides is 1. The number of hydrogen-bond donors (Lipinski definition) is 1. The minimum Gasteiger partial charge on any atom is -0.391 e. The fraction of sp³-hybridized carbons (Fsp3) is 0.385. The molecule has 0 radical (unpaired) electrons. The SMILES string of the molecule is O=S1CCN(S(=O)(=O)c2c(CO)sc3ccccc23)CC1. The van der Waals surface area contributed by atoms with Crippen molar-refractivity contribution in [1.29, 1.82) is 0 Å². The molecule has 0 amide bonds. The fourth-order valence-electron chi connectivity index (χ4n) is 2.45. The van der Waals surface area contributed by atoms with Crippen molar-refractivity contribution in [3.8, 4) is 0 Å². The van der Waals surface area contributed by atoms with Gasteiger partial charge in [-0.25, -0.2) is 8.42 Å². The van der Waals surface area contributed by atoms with E-state index in [0.717, 1.165) is 4.70 Å². The summed E-state index contributed by atoms with van der Waals surface area (Å²) in [6, 6.07) is 7.25. The zero-order valence-corrected chi connectivity index (χ0v) is 13.6. The average Bonchev–Trinajstić information content (AvgIpc) is 2.87. The van der Waals surface area contributed by atoms with Crippen molar-refractivity contribution in [3.63, 3.8) is 0 Å². The maximum atomic E-state index is 12.9. The highest BCUT2D eigenvalue weighted by molar-refractivity contribution is 7.90. The number of fused-ring (bicyclic) bond motifs is 1. The molecule has 1 aromatic heterocycles. The molecule has 0 bridgehead atoms. The van der Waals surface area contributed by atoms with Crippen LogP contribution in [0.3, 0.4) is 0 Å². The molecule has 5 nitrogen and oxygen atoms in total. The summed E-state index contributed by atoms with van der Waals surface area (Å²) < 4.78 is 39.4. The molecule has 114 valence electrons. The molecule has 0 aliphatic carbocycles. The van der Waals surface area contributed by atoms with Gasteiger partial charge in [-0.1, -0.05) is 18.2 Å². The second-order valence-corrected chi connectivity index (χ2v) is 9.47. The van der Waals surface area contributed by atoms with Gasteiger partial charge in [0.15, 0.2) is 0 Å². The maximum absolute atomic E-state index is 12.9. The van der Waals surface area contributed by atoms with Crippen LogP contribution in [-0.4, -0.2) is 46.6 Å². The van der Waals surface area contributed by atoms with Gasteiger partial charge in [0.25, 0.3) is 0 Å². The normalized spacial score (nSPS) is 18.3. The Balaban J connectivity index is 2.12. The van der Waals surface area contributed by atoms with E-state index in [2.05, 4.69) is 0 Å². The smallest absolute Gasteiger partial charge is 0.244 e. The van der Waals surface area contributed by atoms with Crippen molar-refractivity contribution in [1.82, 2.24) is 4.31 Å². The Morgan fingerprint density at radius 2 is 1.90 bits per heavy atom. The van der Waals surface area contributed by atoms with Crippen LogP contribution < -0.4 is 0 Å². The monoisotopic (exact) mass is 345 g/mol. The quantitative estimate of drug-likeness (QED) is 0.905. The molecule has 1 aliphatic rings. The van der Waals surface area contributed by atoms with E-state index in [1.807, 2.05) is 12.1 Å². The van der Waals surface area contributed by atoms with E-state index >= 15 is 0 Å². The predicted octanol–water partition coefficient (Wildman–Crippen LogP) is 1.15. The van der Waals surface area contributed by atoms with Gasteiger partial charge >= 0.3 is 0 Å². The van der Waals surface area contributed by atoms with Crippen LogP contribution in [0.5, 0.6) is 0 Å². The molecule has 0 spiro atoms. The minimum atomic E-state index is -3.66. The van der Waals surface area contributed by atoms with E-state index in [-0.39, 0.29) is 24.6 Å². The first-order valence-electron chi connectivity index (χ1n) is 6.50. The molecule has 2 aromatic rings. The van der Waals surface area contributed by atoms with Gasteiger partial charge in [-0.05, 0) is 6.07 Å². The van der Waals surface area contributed by atoms with Gasteiger partial charge in [-0.2, -0.15) is 4.31 Å². The molecule has 0 unspecified atom stereocenters. The number of aliphatic hydroxyl groups excluding tert-OH is 1. The van der Waals surface area contributed by atoms with Gasteiger partial charge < -0.3 is 5.11 Å². The third-order valence-corrected chi connectivity index (χ3v) is 8.08. The summed E-state index contributed by atoms with van der Waals surface area (Å²) in [5.74, 6) is 0.742. The van der Waals surface area contributed by atoms with Crippen molar-refractivity contribution in [3.05, 3.63) is 29.1 Å². The molecular formula is C13H15NO4S3. The maximum Gasteiger partial charge on any atom is 0.244 e. The van der Waals surface area contributed by atoms with Crippen LogP contribution in [0, 0.1) is 0 Å². The second-order valence-electron chi connectivity index (χ2n) is 4.76. The van der Waals surface area contributed by atoms with Gasteiger partial charge in [-0.3, -0.25) is 4.21 Å². The van der Waals surface area contributed by atoms with Crippen LogP contribution in [-0.2, 0) is 27.4 Å². The Morgan fingerprint density at radius 3 is 2.57 bits per heavy atom. The summed E-state index contributed by atoms with van der Waals surface area (Å²) in [7, 11) is -4.59. The second kappa shape index (κ2) is 5.77. The number of thiophene rings is 1. The number of hydrogen-bond acceptors (Lipinski definition) is 5. The molecule has 1 aromatic carbocycles. The van der Waals surface area contributed by atoms with Crippen LogP contribution in [0.15, 0.2) is 29.2 Å². The minimum absolute atomic E-state index is 0.207. The molecule has 3 rings (SSSR count). The first kappa shape index (κ1) is 15.1. The molecule has 1 saturated heterocycles. The van der Waals surface area contributed by atoms with Crippen LogP contribution in [0.25, 0.3) is 10.1 Å². The highest BCUT2D eigenvalue weighted by Crippen LogP contribution is 2.36. The molecular weight excluding hydrogens is 330 g/mol. The largest absolute Gasteiger partial charge is 0.391 e. The molecule has 2 heterocycles. The molecule has 1 aliphatic heterocycles. The highest BCUT2D eigenvalue weighted by Gasteiger charge is 2.32. The fourth-order valence-corrected chi connectivity index (χ4v) is 6.93. The van der Waals surface area contributed by atoms with Crippen LogP contribution in [0.2, 0.25) is 0 Å². The number of aliphatic hydroxyl groups is 1. The topological polar surface area (TPSA) is 74.7 Å². The van der Waals surface area contributed by atoms with Crippen molar-refractivity contribution in [2.24, 2.45) is 0 Å². The molecule has 0 saturated carbocycles. The van der Waals surface area contributed by atoms with E-state index in [0.29, 0.717) is 21.8 Å². The van der Waals surface area contributed by atoms with Crippen molar-refractivity contribution < 1.29 is 17.7 Å². The summed E-state index contributed by atoms with van der Waals surface area (Å²) in [6.45, 7) is 0.238. The Kier molecular flexibility index (Phi) is 4.15.